The lowest BCUT2D eigenvalue weighted by atomic mass is 10.0. The van der Waals surface area contributed by atoms with E-state index in [0.29, 0.717) is 22.7 Å². The van der Waals surface area contributed by atoms with E-state index in [1.54, 1.807) is 25.1 Å². The van der Waals surface area contributed by atoms with Crippen LogP contribution in [0.3, 0.4) is 0 Å². The maximum absolute atomic E-state index is 14.2. The summed E-state index contributed by atoms with van der Waals surface area (Å²) in [7, 11) is -3.84. The fraction of sp³-hybridized carbons (Fsp3) is 0.375. The van der Waals surface area contributed by atoms with Gasteiger partial charge in [0, 0.05) is 24.0 Å². The van der Waals surface area contributed by atoms with Crippen LogP contribution >= 0.6 is 11.6 Å². The molecule has 0 saturated heterocycles. The first-order valence-electron chi connectivity index (χ1n) is 13.9. The number of aryl methyl sites for hydroxylation is 2. The molecule has 3 aromatic rings. The Bertz CT molecular complexity index is 1470. The van der Waals surface area contributed by atoms with E-state index in [0.717, 1.165) is 52.9 Å². The Balaban J connectivity index is 1.74. The highest BCUT2D eigenvalue weighted by atomic mass is 35.5. The third kappa shape index (κ3) is 8.33. The quantitative estimate of drug-likeness (QED) is 0.321. The minimum Gasteiger partial charge on any atom is -0.352 e. The van der Waals surface area contributed by atoms with Gasteiger partial charge in [-0.3, -0.25) is 13.9 Å². The zero-order valence-electron chi connectivity index (χ0n) is 23.8. The molecule has 1 aliphatic carbocycles. The molecule has 2 amide bonds. The van der Waals surface area contributed by atoms with Crippen LogP contribution in [0.4, 0.5) is 5.69 Å². The molecule has 0 aliphatic heterocycles. The number of carbonyl (C=O) groups excluding carboxylic acids is 2. The summed E-state index contributed by atoms with van der Waals surface area (Å²) < 4.78 is 27.1. The number of nitrogens with zero attached hydrogens (tertiary/aromatic N) is 2. The molecule has 3 aromatic carbocycles. The Kier molecular flexibility index (Phi) is 10.1. The number of anilines is 1. The van der Waals surface area contributed by atoms with Crippen LogP contribution in [0.2, 0.25) is 5.02 Å². The predicted molar refractivity (Wildman–Crippen MR) is 164 cm³/mol. The van der Waals surface area contributed by atoms with Gasteiger partial charge in [-0.25, -0.2) is 8.42 Å². The summed E-state index contributed by atoms with van der Waals surface area (Å²) in [6.07, 6.45) is 5.32. The summed E-state index contributed by atoms with van der Waals surface area (Å²) in [6.45, 7) is 3.43. The van der Waals surface area contributed by atoms with Gasteiger partial charge < -0.3 is 10.2 Å². The van der Waals surface area contributed by atoms with Crippen LogP contribution < -0.4 is 9.62 Å². The summed E-state index contributed by atoms with van der Waals surface area (Å²) in [4.78, 5) is 29.7. The fourth-order valence-electron chi connectivity index (χ4n) is 5.42. The first kappa shape index (κ1) is 30.6. The highest BCUT2D eigenvalue weighted by molar-refractivity contribution is 7.92. The standard InChI is InChI=1S/C32H38ClN3O4S/c1-23-10-9-13-26(18-23)21-35(31(37)22-36(41(3,39)40)29-17-16-27(33)19-24(29)2)30(20-25-11-5-4-6-12-25)32(38)34-28-14-7-8-15-28/h4-6,9-13,16-19,28,30H,7-8,14-15,20-22H2,1-3H3,(H,34,38)/t30-/m1/s1. The van der Waals surface area contributed by atoms with Crippen molar-refractivity contribution in [1.29, 1.82) is 0 Å². The second kappa shape index (κ2) is 13.5. The minimum atomic E-state index is -3.84. The van der Waals surface area contributed by atoms with Gasteiger partial charge in [0.1, 0.15) is 12.6 Å². The number of halogens is 1. The average Bonchev–Trinajstić information content (AvgIpc) is 3.42. The average molecular weight is 596 g/mol. The van der Waals surface area contributed by atoms with E-state index >= 15 is 0 Å². The van der Waals surface area contributed by atoms with E-state index in [4.69, 9.17) is 11.6 Å². The largest absolute Gasteiger partial charge is 0.352 e. The third-order valence-corrected chi connectivity index (χ3v) is 8.88. The van der Waals surface area contributed by atoms with Crippen LogP contribution in [0.1, 0.15) is 47.9 Å². The molecule has 1 N–H and O–H groups in total. The van der Waals surface area contributed by atoms with Crippen LogP contribution in [0.5, 0.6) is 0 Å². The lowest BCUT2D eigenvalue weighted by Crippen LogP contribution is -2.54. The maximum Gasteiger partial charge on any atom is 0.244 e. The molecule has 1 fully saturated rings. The van der Waals surface area contributed by atoms with Gasteiger partial charge in [-0.15, -0.1) is 0 Å². The molecule has 1 saturated carbocycles. The van der Waals surface area contributed by atoms with Crippen LogP contribution in [0.15, 0.2) is 72.8 Å². The number of sulfonamides is 1. The Morgan fingerprint density at radius 1 is 0.951 bits per heavy atom. The van der Waals surface area contributed by atoms with Crippen LogP contribution in [0, 0.1) is 13.8 Å². The molecular weight excluding hydrogens is 558 g/mol. The summed E-state index contributed by atoms with van der Waals surface area (Å²) in [6, 6.07) is 21.5. The number of rotatable bonds is 11. The number of amides is 2. The summed E-state index contributed by atoms with van der Waals surface area (Å²) in [5.41, 5.74) is 3.80. The molecular formula is C32H38ClN3O4S. The molecule has 1 atom stereocenters. The number of hydrogen-bond donors (Lipinski definition) is 1. The van der Waals surface area contributed by atoms with Gasteiger partial charge in [-0.05, 0) is 61.6 Å². The van der Waals surface area contributed by atoms with E-state index < -0.39 is 28.5 Å². The predicted octanol–water partition coefficient (Wildman–Crippen LogP) is 5.42. The van der Waals surface area contributed by atoms with Crippen molar-refractivity contribution in [2.45, 2.75) is 64.6 Å². The zero-order valence-corrected chi connectivity index (χ0v) is 25.4. The second-order valence-electron chi connectivity index (χ2n) is 10.9. The molecule has 41 heavy (non-hydrogen) atoms. The van der Waals surface area contributed by atoms with Gasteiger partial charge in [0.15, 0.2) is 0 Å². The van der Waals surface area contributed by atoms with Crippen molar-refractivity contribution >= 4 is 39.1 Å². The van der Waals surface area contributed by atoms with Crippen LogP contribution in [-0.2, 0) is 32.6 Å². The Hall–Kier alpha value is -3.36. The van der Waals surface area contributed by atoms with E-state index in [9.17, 15) is 18.0 Å². The molecule has 0 spiro atoms. The molecule has 0 heterocycles. The van der Waals surface area contributed by atoms with Crippen LogP contribution in [0.25, 0.3) is 0 Å². The smallest absolute Gasteiger partial charge is 0.244 e. The molecule has 7 nitrogen and oxygen atoms in total. The second-order valence-corrected chi connectivity index (χ2v) is 13.2. The van der Waals surface area contributed by atoms with Gasteiger partial charge in [0.25, 0.3) is 0 Å². The van der Waals surface area contributed by atoms with Crippen molar-refractivity contribution < 1.29 is 18.0 Å². The minimum absolute atomic E-state index is 0.0703. The summed E-state index contributed by atoms with van der Waals surface area (Å²) >= 11 is 6.13. The van der Waals surface area contributed by atoms with Crippen molar-refractivity contribution in [3.63, 3.8) is 0 Å². The number of benzene rings is 3. The zero-order chi connectivity index (χ0) is 29.6. The Labute approximate surface area is 248 Å². The topological polar surface area (TPSA) is 86.8 Å². The monoisotopic (exact) mass is 595 g/mol. The molecule has 9 heteroatoms. The molecule has 0 unspecified atom stereocenters. The van der Waals surface area contributed by atoms with E-state index in [-0.39, 0.29) is 18.5 Å². The van der Waals surface area contributed by atoms with Gasteiger partial charge in [0.05, 0.1) is 11.9 Å². The Morgan fingerprint density at radius 2 is 1.63 bits per heavy atom. The van der Waals surface area contributed by atoms with Crippen molar-refractivity contribution in [3.8, 4) is 0 Å². The van der Waals surface area contributed by atoms with Crippen molar-refractivity contribution in [2.24, 2.45) is 0 Å². The van der Waals surface area contributed by atoms with Crippen molar-refractivity contribution in [2.75, 3.05) is 17.1 Å². The van der Waals surface area contributed by atoms with E-state index in [1.807, 2.05) is 61.5 Å². The van der Waals surface area contributed by atoms with E-state index in [1.165, 1.54) is 4.90 Å². The normalized spacial score (nSPS) is 14.4. The van der Waals surface area contributed by atoms with Crippen LogP contribution in [-0.4, -0.2) is 50.0 Å². The van der Waals surface area contributed by atoms with Crippen molar-refractivity contribution in [1.82, 2.24) is 10.2 Å². The first-order valence-corrected chi connectivity index (χ1v) is 16.2. The highest BCUT2D eigenvalue weighted by Crippen LogP contribution is 2.27. The lowest BCUT2D eigenvalue weighted by Gasteiger charge is -2.34. The van der Waals surface area contributed by atoms with Gasteiger partial charge in [-0.2, -0.15) is 0 Å². The molecule has 1 aliphatic rings. The van der Waals surface area contributed by atoms with Gasteiger partial charge in [0.2, 0.25) is 21.8 Å². The molecule has 0 bridgehead atoms. The highest BCUT2D eigenvalue weighted by Gasteiger charge is 2.34. The molecule has 0 radical (unpaired) electrons. The maximum atomic E-state index is 14.2. The number of nitrogens with one attached hydrogen (secondary N) is 1. The van der Waals surface area contributed by atoms with Crippen molar-refractivity contribution in [3.05, 3.63) is 100 Å². The summed E-state index contributed by atoms with van der Waals surface area (Å²) in [5.74, 6) is -0.691. The third-order valence-electron chi connectivity index (χ3n) is 7.51. The number of hydrogen-bond acceptors (Lipinski definition) is 4. The Morgan fingerprint density at radius 3 is 2.27 bits per heavy atom. The van der Waals surface area contributed by atoms with Gasteiger partial charge in [-0.1, -0.05) is 84.6 Å². The molecule has 218 valence electrons. The summed E-state index contributed by atoms with van der Waals surface area (Å²) in [5, 5.41) is 3.65. The fourth-order valence-corrected chi connectivity index (χ4v) is 6.56. The first-order chi connectivity index (χ1) is 19.5. The lowest BCUT2D eigenvalue weighted by molar-refractivity contribution is -0.140. The SMILES string of the molecule is Cc1cccc(CN(C(=O)CN(c2ccc(Cl)cc2C)S(C)(=O)=O)[C@H](Cc2ccccc2)C(=O)NC2CCCC2)c1. The molecule has 0 aromatic heterocycles. The molecule has 4 rings (SSSR count). The number of carbonyl (C=O) groups is 2. The van der Waals surface area contributed by atoms with E-state index in [2.05, 4.69) is 5.32 Å². The van der Waals surface area contributed by atoms with Gasteiger partial charge >= 0.3 is 0 Å².